The largest absolute Gasteiger partial charge is 0.480 e. The van der Waals surface area contributed by atoms with Crippen molar-refractivity contribution >= 4 is 11.9 Å². The van der Waals surface area contributed by atoms with E-state index in [9.17, 15) is 14.0 Å². The Morgan fingerprint density at radius 3 is 2.29 bits per heavy atom. The van der Waals surface area contributed by atoms with Gasteiger partial charge in [0.1, 0.15) is 11.2 Å². The molecule has 1 rings (SSSR count). The molecule has 2 N–H and O–H groups in total. The number of carboxylic acids is 1. The van der Waals surface area contributed by atoms with Crippen molar-refractivity contribution in [3.8, 4) is 0 Å². The number of aliphatic carboxylic acids is 1. The number of carbonyl (C=O) groups is 2. The molecule has 0 spiro atoms. The van der Waals surface area contributed by atoms with Gasteiger partial charge >= 0.3 is 5.97 Å². The van der Waals surface area contributed by atoms with Crippen LogP contribution in [-0.2, 0) is 16.0 Å². The number of nitrogens with one attached hydrogen (secondary N) is 1. The molecule has 4 nitrogen and oxygen atoms in total. The van der Waals surface area contributed by atoms with Gasteiger partial charge in [0.25, 0.3) is 0 Å². The quantitative estimate of drug-likeness (QED) is 0.776. The molecule has 17 heavy (non-hydrogen) atoms. The molecule has 0 radical (unpaired) electrons. The van der Waals surface area contributed by atoms with Crippen LogP contribution in [0.4, 0.5) is 4.39 Å². The van der Waals surface area contributed by atoms with Crippen molar-refractivity contribution in [2.45, 2.75) is 13.3 Å². The lowest BCUT2D eigenvalue weighted by Crippen LogP contribution is -2.44. The predicted molar refractivity (Wildman–Crippen MR) is 59.9 cm³/mol. The molecule has 0 aromatic heterocycles. The average Bonchev–Trinajstić information content (AvgIpc) is 2.30. The lowest BCUT2D eigenvalue weighted by molar-refractivity contribution is -0.154. The van der Waals surface area contributed by atoms with E-state index in [-0.39, 0.29) is 6.42 Å². The van der Waals surface area contributed by atoms with E-state index in [1.54, 1.807) is 0 Å². The number of hydrogen-bond donors (Lipinski definition) is 2. The van der Waals surface area contributed by atoms with Crippen LogP contribution in [0.1, 0.15) is 12.5 Å². The summed E-state index contributed by atoms with van der Waals surface area (Å²) >= 11 is 0. The van der Waals surface area contributed by atoms with Crippen molar-refractivity contribution in [1.82, 2.24) is 5.32 Å². The third-order valence-corrected chi connectivity index (χ3v) is 2.67. The van der Waals surface area contributed by atoms with Gasteiger partial charge in [-0.3, -0.25) is 9.59 Å². The smallest absolute Gasteiger partial charge is 0.319 e. The predicted octanol–water partition coefficient (Wildman–Crippen LogP) is 1.21. The van der Waals surface area contributed by atoms with Crippen LogP contribution in [0, 0.1) is 11.2 Å². The Bertz CT molecular complexity index is 430. The summed E-state index contributed by atoms with van der Waals surface area (Å²) in [5.41, 5.74) is -0.952. The van der Waals surface area contributed by atoms with Crippen molar-refractivity contribution in [3.63, 3.8) is 0 Å². The zero-order valence-corrected chi connectivity index (χ0v) is 9.66. The topological polar surface area (TPSA) is 66.4 Å². The van der Waals surface area contributed by atoms with Crippen LogP contribution >= 0.6 is 0 Å². The van der Waals surface area contributed by atoms with Crippen molar-refractivity contribution in [1.29, 1.82) is 0 Å². The Hall–Kier alpha value is -1.91. The molecular formula is C12H14FNO3. The maximum Gasteiger partial charge on any atom is 0.319 e. The van der Waals surface area contributed by atoms with E-state index >= 15 is 0 Å². The van der Waals surface area contributed by atoms with Gasteiger partial charge in [0.15, 0.2) is 0 Å². The fourth-order valence-electron chi connectivity index (χ4n) is 1.54. The third kappa shape index (κ3) is 2.81. The summed E-state index contributed by atoms with van der Waals surface area (Å²) in [7, 11) is 1.38. The number of amides is 1. The Labute approximate surface area is 98.5 Å². The zero-order chi connectivity index (χ0) is 13.1. The molecule has 1 aromatic rings. The van der Waals surface area contributed by atoms with Gasteiger partial charge < -0.3 is 10.4 Å². The lowest BCUT2D eigenvalue weighted by Gasteiger charge is -2.22. The second-order valence-electron chi connectivity index (χ2n) is 4.02. The first-order chi connectivity index (χ1) is 7.90. The molecular weight excluding hydrogens is 225 g/mol. The van der Waals surface area contributed by atoms with Crippen molar-refractivity contribution in [2.24, 2.45) is 5.41 Å². The Morgan fingerprint density at radius 2 is 1.88 bits per heavy atom. The number of benzene rings is 1. The summed E-state index contributed by atoms with van der Waals surface area (Å²) in [6.45, 7) is 1.34. The van der Waals surface area contributed by atoms with Gasteiger partial charge in [0, 0.05) is 7.05 Å². The highest BCUT2D eigenvalue weighted by Crippen LogP contribution is 2.23. The molecule has 0 saturated heterocycles. The molecule has 0 fully saturated rings. The minimum atomic E-state index is -1.55. The first kappa shape index (κ1) is 13.2. The highest BCUT2D eigenvalue weighted by atomic mass is 19.1. The third-order valence-electron chi connectivity index (χ3n) is 2.67. The highest BCUT2D eigenvalue weighted by Gasteiger charge is 2.40. The van der Waals surface area contributed by atoms with E-state index < -0.39 is 23.1 Å². The zero-order valence-electron chi connectivity index (χ0n) is 9.66. The second kappa shape index (κ2) is 4.95. The van der Waals surface area contributed by atoms with Gasteiger partial charge in [-0.05, 0) is 31.0 Å². The van der Waals surface area contributed by atoms with E-state index in [0.717, 1.165) is 0 Å². The molecule has 0 saturated carbocycles. The van der Waals surface area contributed by atoms with Crippen LogP contribution in [0.2, 0.25) is 0 Å². The molecule has 92 valence electrons. The van der Waals surface area contributed by atoms with Crippen molar-refractivity contribution < 1.29 is 19.1 Å². The standard InChI is InChI=1S/C12H14FNO3/c1-12(11(16)17,10(15)14-2)7-8-3-5-9(13)6-4-8/h3-6H,7H2,1-2H3,(H,14,15)(H,16,17). The van der Waals surface area contributed by atoms with Crippen molar-refractivity contribution in [3.05, 3.63) is 35.6 Å². The first-order valence-electron chi connectivity index (χ1n) is 5.10. The van der Waals surface area contributed by atoms with Crippen LogP contribution < -0.4 is 5.32 Å². The van der Waals surface area contributed by atoms with Crippen LogP contribution in [-0.4, -0.2) is 24.0 Å². The molecule has 1 atom stereocenters. The van der Waals surface area contributed by atoms with Crippen LogP contribution in [0.5, 0.6) is 0 Å². The Kier molecular flexibility index (Phi) is 3.83. The minimum absolute atomic E-state index is 0.0162. The fraction of sp³-hybridized carbons (Fsp3) is 0.333. The van der Waals surface area contributed by atoms with Gasteiger partial charge in [-0.25, -0.2) is 4.39 Å². The summed E-state index contributed by atoms with van der Waals surface area (Å²) in [6.07, 6.45) is 0.0162. The summed E-state index contributed by atoms with van der Waals surface area (Å²) in [5, 5.41) is 11.4. The number of carboxylic acid groups (broad SMARTS) is 1. The lowest BCUT2D eigenvalue weighted by atomic mass is 9.82. The maximum absolute atomic E-state index is 12.7. The molecule has 1 aromatic carbocycles. The monoisotopic (exact) mass is 239 g/mol. The maximum atomic E-state index is 12.7. The highest BCUT2D eigenvalue weighted by molar-refractivity contribution is 6.01. The molecule has 0 aliphatic carbocycles. The second-order valence-corrected chi connectivity index (χ2v) is 4.02. The molecule has 1 amide bonds. The van der Waals surface area contributed by atoms with E-state index in [2.05, 4.69) is 5.32 Å². The van der Waals surface area contributed by atoms with E-state index in [1.165, 1.54) is 38.2 Å². The number of rotatable bonds is 4. The van der Waals surface area contributed by atoms with E-state index in [0.29, 0.717) is 5.56 Å². The van der Waals surface area contributed by atoms with Gasteiger partial charge in [0.05, 0.1) is 0 Å². The van der Waals surface area contributed by atoms with Gasteiger partial charge in [-0.15, -0.1) is 0 Å². The van der Waals surface area contributed by atoms with Crippen LogP contribution in [0.25, 0.3) is 0 Å². The van der Waals surface area contributed by atoms with Gasteiger partial charge in [-0.2, -0.15) is 0 Å². The molecule has 0 aliphatic rings. The molecule has 0 bridgehead atoms. The normalized spacial score (nSPS) is 13.8. The number of hydrogen-bond acceptors (Lipinski definition) is 2. The molecule has 5 heteroatoms. The summed E-state index contributed by atoms with van der Waals surface area (Å²) in [5.74, 6) is -2.18. The molecule has 0 heterocycles. The van der Waals surface area contributed by atoms with E-state index in [1.807, 2.05) is 0 Å². The molecule has 0 aliphatic heterocycles. The Morgan fingerprint density at radius 1 is 1.35 bits per heavy atom. The van der Waals surface area contributed by atoms with Gasteiger partial charge in [0.2, 0.25) is 5.91 Å². The SMILES string of the molecule is CNC(=O)C(C)(Cc1ccc(F)cc1)C(=O)O. The van der Waals surface area contributed by atoms with Crippen molar-refractivity contribution in [2.75, 3.05) is 7.05 Å². The Balaban J connectivity index is 2.99. The first-order valence-corrected chi connectivity index (χ1v) is 5.10. The fourth-order valence-corrected chi connectivity index (χ4v) is 1.54. The van der Waals surface area contributed by atoms with Crippen LogP contribution in [0.15, 0.2) is 24.3 Å². The van der Waals surface area contributed by atoms with E-state index in [4.69, 9.17) is 5.11 Å². The summed E-state index contributed by atoms with van der Waals surface area (Å²) in [6, 6.07) is 5.42. The summed E-state index contributed by atoms with van der Waals surface area (Å²) in [4.78, 5) is 22.7. The molecule has 1 unspecified atom stereocenters. The minimum Gasteiger partial charge on any atom is -0.480 e. The average molecular weight is 239 g/mol. The number of carbonyl (C=O) groups excluding carboxylic acids is 1. The van der Waals surface area contributed by atoms with Crippen LogP contribution in [0.3, 0.4) is 0 Å². The summed E-state index contributed by atoms with van der Waals surface area (Å²) < 4.78 is 12.7. The van der Waals surface area contributed by atoms with Gasteiger partial charge in [-0.1, -0.05) is 12.1 Å². The number of halogens is 1.